The number of likely N-dealkylation sites (tertiary alicyclic amines) is 1. The van der Waals surface area contributed by atoms with Crippen molar-refractivity contribution < 1.29 is 9.18 Å². The van der Waals surface area contributed by atoms with E-state index < -0.39 is 5.82 Å². The molecule has 3 aromatic heterocycles. The Hall–Kier alpha value is -4.57. The SMILES string of the molecule is Cc1cc2[nH]ncc2c(-c2c(Cl)cc3c(nc(N4CC(N(C)C)C4)c4cnn([C@H]5CCN(C(=O)/C=C/CN(C)C)[C@H](CC#N)C5)c43)c2F)c1C. The molecule has 0 radical (unpaired) electrons. The first-order chi connectivity index (χ1) is 24.0. The first-order valence-corrected chi connectivity index (χ1v) is 17.4. The molecule has 5 heterocycles. The van der Waals surface area contributed by atoms with Crippen molar-refractivity contribution in [2.24, 2.45) is 0 Å². The predicted molar refractivity (Wildman–Crippen MR) is 196 cm³/mol. The van der Waals surface area contributed by atoms with Crippen LogP contribution in [-0.4, -0.2) is 112 Å². The molecule has 1 N–H and O–H groups in total. The number of aromatic nitrogens is 5. The number of halogens is 2. The van der Waals surface area contributed by atoms with Gasteiger partial charge in [-0.1, -0.05) is 17.7 Å². The summed E-state index contributed by atoms with van der Waals surface area (Å²) in [5.41, 5.74) is 4.70. The molecule has 2 aliphatic rings. The fourth-order valence-corrected chi connectivity index (χ4v) is 7.80. The van der Waals surface area contributed by atoms with Crippen LogP contribution < -0.4 is 4.90 Å². The second kappa shape index (κ2) is 13.3. The largest absolute Gasteiger partial charge is 0.353 e. The molecule has 13 heteroatoms. The number of likely N-dealkylation sites (N-methyl/N-ethyl adjacent to an activating group) is 2. The van der Waals surface area contributed by atoms with Crippen molar-refractivity contribution in [3.63, 3.8) is 0 Å². The molecule has 2 aromatic carbocycles. The maximum atomic E-state index is 17.3. The minimum Gasteiger partial charge on any atom is -0.353 e. The van der Waals surface area contributed by atoms with Crippen LogP contribution in [0.2, 0.25) is 5.02 Å². The third-order valence-electron chi connectivity index (χ3n) is 10.5. The van der Waals surface area contributed by atoms with Gasteiger partial charge in [-0.05, 0) is 78.1 Å². The summed E-state index contributed by atoms with van der Waals surface area (Å²) in [5, 5.41) is 24.4. The van der Waals surface area contributed by atoms with Gasteiger partial charge in [0.15, 0.2) is 5.82 Å². The number of aromatic amines is 1. The zero-order valence-corrected chi connectivity index (χ0v) is 30.1. The summed E-state index contributed by atoms with van der Waals surface area (Å²) < 4.78 is 19.2. The molecule has 7 rings (SSSR count). The summed E-state index contributed by atoms with van der Waals surface area (Å²) in [6.45, 7) is 6.61. The maximum absolute atomic E-state index is 17.3. The van der Waals surface area contributed by atoms with Gasteiger partial charge in [-0.25, -0.2) is 9.37 Å². The lowest BCUT2D eigenvalue weighted by atomic mass is 9.92. The van der Waals surface area contributed by atoms with Crippen LogP contribution in [0.3, 0.4) is 0 Å². The highest BCUT2D eigenvalue weighted by Crippen LogP contribution is 2.45. The van der Waals surface area contributed by atoms with E-state index in [0.717, 1.165) is 46.0 Å². The van der Waals surface area contributed by atoms with Gasteiger partial charge in [-0.3, -0.25) is 14.6 Å². The number of benzene rings is 2. The molecule has 1 amide bonds. The molecule has 0 saturated carbocycles. The maximum Gasteiger partial charge on any atom is 0.246 e. The van der Waals surface area contributed by atoms with Gasteiger partial charge in [-0.2, -0.15) is 15.5 Å². The van der Waals surface area contributed by atoms with E-state index >= 15 is 4.39 Å². The predicted octanol–water partition coefficient (Wildman–Crippen LogP) is 5.85. The molecular formula is C37H42ClFN10O. The Morgan fingerprint density at radius 2 is 1.92 bits per heavy atom. The number of hydrogen-bond donors (Lipinski definition) is 1. The van der Waals surface area contributed by atoms with E-state index in [1.807, 2.05) is 61.9 Å². The molecule has 260 valence electrons. The van der Waals surface area contributed by atoms with Crippen LogP contribution >= 0.6 is 11.6 Å². The first kappa shape index (κ1) is 33.9. The number of nitrogens with zero attached hydrogens (tertiary/aromatic N) is 9. The van der Waals surface area contributed by atoms with Crippen molar-refractivity contribution >= 4 is 56.0 Å². The van der Waals surface area contributed by atoms with E-state index in [1.54, 1.807) is 17.2 Å². The van der Waals surface area contributed by atoms with E-state index in [0.29, 0.717) is 54.3 Å². The molecule has 5 aromatic rings. The number of fused-ring (bicyclic) bond motifs is 4. The van der Waals surface area contributed by atoms with Crippen LogP contribution in [0, 0.1) is 31.0 Å². The minimum atomic E-state index is -0.489. The van der Waals surface area contributed by atoms with Crippen LogP contribution in [-0.2, 0) is 4.79 Å². The summed E-state index contributed by atoms with van der Waals surface area (Å²) in [6, 6.07) is 6.06. The summed E-state index contributed by atoms with van der Waals surface area (Å²) in [4.78, 5) is 26.4. The highest BCUT2D eigenvalue weighted by atomic mass is 35.5. The number of H-pyrrole nitrogens is 1. The number of aryl methyl sites for hydroxylation is 1. The minimum absolute atomic E-state index is 0.0967. The number of rotatable bonds is 8. The summed E-state index contributed by atoms with van der Waals surface area (Å²) in [5.74, 6) is 0.0998. The third-order valence-corrected chi connectivity index (χ3v) is 10.8. The van der Waals surface area contributed by atoms with Crippen LogP contribution in [0.5, 0.6) is 0 Å². The summed E-state index contributed by atoms with van der Waals surface area (Å²) in [7, 11) is 8.01. The van der Waals surface area contributed by atoms with Crippen molar-refractivity contribution in [2.45, 2.75) is 51.2 Å². The molecule has 0 bridgehead atoms. The smallest absolute Gasteiger partial charge is 0.246 e. The molecule has 0 unspecified atom stereocenters. The van der Waals surface area contributed by atoms with Gasteiger partial charge in [0.2, 0.25) is 5.91 Å². The molecule has 11 nitrogen and oxygen atoms in total. The third kappa shape index (κ3) is 5.77. The number of piperidine rings is 1. The van der Waals surface area contributed by atoms with E-state index in [1.165, 1.54) is 0 Å². The van der Waals surface area contributed by atoms with E-state index in [2.05, 4.69) is 40.2 Å². The summed E-state index contributed by atoms with van der Waals surface area (Å²) in [6.07, 6.45) is 8.36. The number of nitriles is 1. The first-order valence-electron chi connectivity index (χ1n) is 17.0. The monoisotopic (exact) mass is 696 g/mol. The number of anilines is 1. The number of carbonyl (C=O) groups excluding carboxylic acids is 1. The van der Waals surface area contributed by atoms with E-state index in [9.17, 15) is 10.1 Å². The highest BCUT2D eigenvalue weighted by molar-refractivity contribution is 6.35. The highest BCUT2D eigenvalue weighted by Gasteiger charge is 2.36. The Morgan fingerprint density at radius 1 is 1.14 bits per heavy atom. The standard InChI is InChI=1S/C37H42ClFN10O/c1-21-14-30-27(17-41-44-30)32(22(21)2)33-29(38)16-26-35(34(33)39)43-37(47-19-25(20-47)46(5)6)28-18-42-49(36(26)28)24-10-13-48(23(15-24)9-11-40)31(50)8-7-12-45(3)4/h7-8,14,16-18,23-25H,9-10,12-13,15,19-20H2,1-6H3,(H,41,44)/b8-7+/t23-,24+/m1/s1. The Bertz CT molecular complexity index is 2190. The van der Waals surface area contributed by atoms with Crippen molar-refractivity contribution in [3.05, 3.63) is 58.6 Å². The average molecular weight is 697 g/mol. The topological polar surface area (TPSA) is 113 Å². The summed E-state index contributed by atoms with van der Waals surface area (Å²) >= 11 is 7.08. The molecule has 0 aliphatic carbocycles. The van der Waals surface area contributed by atoms with Gasteiger partial charge in [0, 0.05) is 66.2 Å². The zero-order chi connectivity index (χ0) is 35.4. The fourth-order valence-electron chi connectivity index (χ4n) is 7.51. The lowest BCUT2D eigenvalue weighted by Gasteiger charge is -2.43. The lowest BCUT2D eigenvalue weighted by molar-refractivity contribution is -0.130. The zero-order valence-electron chi connectivity index (χ0n) is 29.3. The quantitative estimate of drug-likeness (QED) is 0.201. The van der Waals surface area contributed by atoms with Crippen LogP contribution in [0.1, 0.15) is 36.4 Å². The Morgan fingerprint density at radius 3 is 2.64 bits per heavy atom. The van der Waals surface area contributed by atoms with Crippen molar-refractivity contribution in [2.75, 3.05) is 59.3 Å². The molecule has 0 spiro atoms. The van der Waals surface area contributed by atoms with Crippen molar-refractivity contribution in [1.82, 2.24) is 39.7 Å². The number of carbonyl (C=O) groups is 1. The van der Waals surface area contributed by atoms with E-state index in [4.69, 9.17) is 21.7 Å². The van der Waals surface area contributed by atoms with Crippen molar-refractivity contribution in [1.29, 1.82) is 5.26 Å². The van der Waals surface area contributed by atoms with Gasteiger partial charge < -0.3 is 19.6 Å². The van der Waals surface area contributed by atoms with Crippen molar-refractivity contribution in [3.8, 4) is 17.2 Å². The number of amides is 1. The second-order valence-electron chi connectivity index (χ2n) is 14.2. The van der Waals surface area contributed by atoms with Crippen LogP contribution in [0.25, 0.3) is 43.8 Å². The van der Waals surface area contributed by atoms with Gasteiger partial charge in [0.1, 0.15) is 11.3 Å². The van der Waals surface area contributed by atoms with Gasteiger partial charge >= 0.3 is 0 Å². The number of nitrogens with one attached hydrogen (secondary N) is 1. The molecule has 2 aliphatic heterocycles. The Balaban J connectivity index is 1.37. The van der Waals surface area contributed by atoms with E-state index in [-0.39, 0.29) is 35.0 Å². The van der Waals surface area contributed by atoms with Crippen LogP contribution in [0.4, 0.5) is 10.2 Å². The molecule has 2 fully saturated rings. The molecule has 2 saturated heterocycles. The lowest BCUT2D eigenvalue weighted by Crippen LogP contribution is -2.57. The number of hydrogen-bond acceptors (Lipinski definition) is 8. The Kier molecular flexibility index (Phi) is 9.01. The fraction of sp³-hybridized carbons (Fsp3) is 0.432. The van der Waals surface area contributed by atoms with Gasteiger partial charge in [-0.15, -0.1) is 0 Å². The molecular weight excluding hydrogens is 655 g/mol. The average Bonchev–Trinajstić information content (AvgIpc) is 3.70. The van der Waals surface area contributed by atoms with Crippen LogP contribution in [0.15, 0.2) is 36.7 Å². The Labute approximate surface area is 295 Å². The normalized spacial score (nSPS) is 18.7. The molecule has 2 atom stereocenters. The molecule has 50 heavy (non-hydrogen) atoms. The van der Waals surface area contributed by atoms with Gasteiger partial charge in [0.25, 0.3) is 0 Å². The number of pyridine rings is 1. The second-order valence-corrected chi connectivity index (χ2v) is 14.6. The van der Waals surface area contributed by atoms with Gasteiger partial charge in [0.05, 0.1) is 52.4 Å².